The first-order chi connectivity index (χ1) is 16.4. The van der Waals surface area contributed by atoms with Crippen LogP contribution in [0.4, 0.5) is 0 Å². The van der Waals surface area contributed by atoms with Gasteiger partial charge in [0.25, 0.3) is 8.32 Å². The van der Waals surface area contributed by atoms with Crippen molar-refractivity contribution in [3.8, 4) is 0 Å². The van der Waals surface area contributed by atoms with Crippen molar-refractivity contribution < 1.29 is 14.6 Å². The molecule has 2 fully saturated rings. The van der Waals surface area contributed by atoms with Gasteiger partial charge >= 0.3 is 0 Å². The summed E-state index contributed by atoms with van der Waals surface area (Å²) in [6, 6.07) is 21.3. The third-order valence-corrected chi connectivity index (χ3v) is 14.6. The van der Waals surface area contributed by atoms with E-state index in [0.717, 1.165) is 18.4 Å². The van der Waals surface area contributed by atoms with Crippen LogP contribution in [0.1, 0.15) is 60.8 Å². The van der Waals surface area contributed by atoms with E-state index in [1.54, 1.807) is 0 Å². The Kier molecular flexibility index (Phi) is 5.80. The highest BCUT2D eigenvalue weighted by Gasteiger charge is 2.71. The average molecular weight is 491 g/mol. The summed E-state index contributed by atoms with van der Waals surface area (Å²) in [6.07, 6.45) is 4.45. The van der Waals surface area contributed by atoms with Crippen molar-refractivity contribution in [1.82, 2.24) is 0 Å². The Morgan fingerprint density at radius 2 is 1.43 bits per heavy atom. The summed E-state index contributed by atoms with van der Waals surface area (Å²) in [5.41, 5.74) is -0.361. The lowest BCUT2D eigenvalue weighted by atomic mass is 9.44. The van der Waals surface area contributed by atoms with Gasteiger partial charge in [-0.05, 0) is 57.5 Å². The van der Waals surface area contributed by atoms with Crippen molar-refractivity contribution in [2.24, 2.45) is 22.7 Å². The van der Waals surface area contributed by atoms with Crippen molar-refractivity contribution in [2.45, 2.75) is 77.5 Å². The Morgan fingerprint density at radius 1 is 0.886 bits per heavy atom. The molecule has 5 rings (SSSR count). The predicted octanol–water partition coefficient (Wildman–Crippen LogP) is 5.06. The number of aliphatic hydroxyl groups is 2. The summed E-state index contributed by atoms with van der Waals surface area (Å²) >= 11 is 0. The first-order valence-electron chi connectivity index (χ1n) is 13.2. The van der Waals surface area contributed by atoms with Gasteiger partial charge in [-0.3, -0.25) is 0 Å². The van der Waals surface area contributed by atoms with Crippen LogP contribution in [-0.2, 0) is 4.43 Å². The van der Waals surface area contributed by atoms with Gasteiger partial charge in [0.15, 0.2) is 0 Å². The topological polar surface area (TPSA) is 49.7 Å². The van der Waals surface area contributed by atoms with Gasteiger partial charge in [0.05, 0.1) is 12.7 Å². The molecule has 2 N–H and O–H groups in total. The van der Waals surface area contributed by atoms with Gasteiger partial charge in [-0.25, -0.2) is 0 Å². The molecule has 4 heteroatoms. The summed E-state index contributed by atoms with van der Waals surface area (Å²) < 4.78 is 7.22. The molecule has 0 amide bonds. The number of allylic oxidation sites excluding steroid dienone is 1. The molecule has 3 aliphatic rings. The Bertz CT molecular complexity index is 1060. The van der Waals surface area contributed by atoms with E-state index < -0.39 is 20.0 Å². The molecular formula is C31H42O3Si. The van der Waals surface area contributed by atoms with Gasteiger partial charge in [-0.1, -0.05) is 108 Å². The lowest BCUT2D eigenvalue weighted by molar-refractivity contribution is -0.250. The molecule has 2 aromatic carbocycles. The molecule has 0 heterocycles. The van der Waals surface area contributed by atoms with Gasteiger partial charge in [0.2, 0.25) is 0 Å². The van der Waals surface area contributed by atoms with E-state index in [-0.39, 0.29) is 15.9 Å². The minimum atomic E-state index is -2.74. The maximum absolute atomic E-state index is 12.1. The number of aliphatic hydroxyl groups excluding tert-OH is 1. The monoisotopic (exact) mass is 490 g/mol. The second-order valence-electron chi connectivity index (χ2n) is 13.4. The summed E-state index contributed by atoms with van der Waals surface area (Å²) in [4.78, 5) is 0. The molecule has 3 aliphatic carbocycles. The van der Waals surface area contributed by atoms with E-state index in [1.807, 2.05) is 0 Å². The van der Waals surface area contributed by atoms with E-state index in [1.165, 1.54) is 10.4 Å². The number of rotatable bonds is 5. The van der Waals surface area contributed by atoms with Crippen LogP contribution in [0.25, 0.3) is 0 Å². The van der Waals surface area contributed by atoms with Crippen LogP contribution in [-0.4, -0.2) is 36.8 Å². The van der Waals surface area contributed by atoms with Crippen molar-refractivity contribution in [3.05, 3.63) is 72.3 Å². The van der Waals surface area contributed by atoms with E-state index >= 15 is 0 Å². The van der Waals surface area contributed by atoms with Crippen LogP contribution in [0.5, 0.6) is 0 Å². The summed E-state index contributed by atoms with van der Waals surface area (Å²) in [7, 11) is -2.74. The number of benzene rings is 2. The zero-order valence-corrected chi connectivity index (χ0v) is 23.2. The molecule has 0 bridgehead atoms. The second kappa shape index (κ2) is 8.14. The Labute approximate surface area is 212 Å². The fourth-order valence-corrected chi connectivity index (χ4v) is 12.5. The molecule has 5 atom stereocenters. The fraction of sp³-hybridized carbons (Fsp3) is 0.548. The highest BCUT2D eigenvalue weighted by atomic mass is 28.4. The molecule has 35 heavy (non-hydrogen) atoms. The Morgan fingerprint density at radius 3 is 1.91 bits per heavy atom. The standard InChI is InChI=1S/C31H42O3Si/c1-28(2,3)35(24-13-9-7-10-14-24,25-15-11-8-12-16-25)34-21-23-17-22-18-29(4,5)19-26(22)30(6)20-27(32)31(23,30)33/h7-17,22,26-27,32-33H,18-21H2,1-6H3/t22-,26+,27-,30-,31+/m1/s1. The minimum absolute atomic E-state index is 0.132. The fourth-order valence-electron chi connectivity index (χ4n) is 7.94. The summed E-state index contributed by atoms with van der Waals surface area (Å²) in [6.45, 7) is 14.1. The van der Waals surface area contributed by atoms with Crippen LogP contribution >= 0.6 is 0 Å². The number of hydrogen-bond donors (Lipinski definition) is 2. The SMILES string of the molecule is CC1(C)C[C@H]2C=C(CO[Si](c3ccccc3)(c3ccccc3)C(C)(C)C)[C@]3(O)[C@H](O)C[C@]3(C)[C@H]2C1. The van der Waals surface area contributed by atoms with E-state index in [2.05, 4.69) is 108 Å². The van der Waals surface area contributed by atoms with Crippen LogP contribution in [0, 0.1) is 22.7 Å². The van der Waals surface area contributed by atoms with E-state index in [9.17, 15) is 10.2 Å². The second-order valence-corrected chi connectivity index (χ2v) is 17.7. The van der Waals surface area contributed by atoms with Crippen LogP contribution < -0.4 is 10.4 Å². The Hall–Kier alpha value is -1.72. The van der Waals surface area contributed by atoms with Crippen LogP contribution in [0.2, 0.25) is 5.04 Å². The lowest BCUT2D eigenvalue weighted by Crippen LogP contribution is -2.73. The van der Waals surface area contributed by atoms with Crippen molar-refractivity contribution in [3.63, 3.8) is 0 Å². The van der Waals surface area contributed by atoms with Crippen LogP contribution in [0.15, 0.2) is 72.3 Å². The molecule has 0 spiro atoms. The van der Waals surface area contributed by atoms with Gasteiger partial charge in [0, 0.05) is 5.41 Å². The predicted molar refractivity (Wildman–Crippen MR) is 145 cm³/mol. The molecule has 0 unspecified atom stereocenters. The van der Waals surface area contributed by atoms with Gasteiger partial charge in [0.1, 0.15) is 5.60 Å². The van der Waals surface area contributed by atoms with Gasteiger partial charge in [-0.15, -0.1) is 0 Å². The lowest BCUT2D eigenvalue weighted by Gasteiger charge is -2.65. The average Bonchev–Trinajstić information content (AvgIpc) is 3.12. The number of hydrogen-bond acceptors (Lipinski definition) is 3. The zero-order chi connectivity index (χ0) is 25.3. The van der Waals surface area contributed by atoms with Crippen molar-refractivity contribution in [1.29, 1.82) is 0 Å². The zero-order valence-electron chi connectivity index (χ0n) is 22.2. The molecule has 0 saturated heterocycles. The molecular weight excluding hydrogens is 448 g/mol. The van der Waals surface area contributed by atoms with Gasteiger partial charge < -0.3 is 14.6 Å². The maximum Gasteiger partial charge on any atom is 0.261 e. The molecule has 0 aliphatic heterocycles. The quantitative estimate of drug-likeness (QED) is 0.455. The third-order valence-electron chi connectivity index (χ3n) is 9.63. The number of fused-ring (bicyclic) bond motifs is 3. The smallest absolute Gasteiger partial charge is 0.261 e. The third kappa shape index (κ3) is 3.55. The summed E-state index contributed by atoms with van der Waals surface area (Å²) in [5, 5.41) is 25.4. The molecule has 3 nitrogen and oxygen atoms in total. The maximum atomic E-state index is 12.1. The molecule has 0 radical (unpaired) electrons. The Balaban J connectivity index is 1.59. The molecule has 2 aromatic rings. The first kappa shape index (κ1) is 24.9. The van der Waals surface area contributed by atoms with Gasteiger partial charge in [-0.2, -0.15) is 0 Å². The normalized spacial score (nSPS) is 33.9. The highest BCUT2D eigenvalue weighted by Crippen LogP contribution is 2.68. The molecule has 188 valence electrons. The molecule has 0 aromatic heterocycles. The van der Waals surface area contributed by atoms with Crippen molar-refractivity contribution >= 4 is 18.7 Å². The van der Waals surface area contributed by atoms with E-state index in [0.29, 0.717) is 24.9 Å². The first-order valence-corrected chi connectivity index (χ1v) is 15.1. The van der Waals surface area contributed by atoms with Crippen LogP contribution in [0.3, 0.4) is 0 Å². The van der Waals surface area contributed by atoms with Crippen molar-refractivity contribution in [2.75, 3.05) is 6.61 Å². The molecule has 2 saturated carbocycles. The highest BCUT2D eigenvalue weighted by molar-refractivity contribution is 6.99. The summed E-state index contributed by atoms with van der Waals surface area (Å²) in [5.74, 6) is 0.836. The van der Waals surface area contributed by atoms with E-state index in [4.69, 9.17) is 4.43 Å². The largest absolute Gasteiger partial charge is 0.403 e. The minimum Gasteiger partial charge on any atom is -0.403 e.